The molecule has 7 heteroatoms. The Bertz CT molecular complexity index is 690. The van der Waals surface area contributed by atoms with Crippen LogP contribution in [0.4, 0.5) is 0 Å². The van der Waals surface area contributed by atoms with Crippen molar-refractivity contribution >= 4 is 10.0 Å². The summed E-state index contributed by atoms with van der Waals surface area (Å²) in [6.07, 6.45) is 1.15. The quantitative estimate of drug-likeness (QED) is 0.855. The maximum Gasteiger partial charge on any atom is 0.283 e. The molecular weight excluding hydrogens is 266 g/mol. The SMILES string of the molecule is O=S(=O)(c1ccccc1)n1cc(O)c(C2CNC2)n1. The van der Waals surface area contributed by atoms with Crippen molar-refractivity contribution in [3.63, 3.8) is 0 Å². The van der Waals surface area contributed by atoms with Crippen molar-refractivity contribution in [2.45, 2.75) is 10.8 Å². The van der Waals surface area contributed by atoms with Gasteiger partial charge in [0.25, 0.3) is 10.0 Å². The third-order valence-corrected chi connectivity index (χ3v) is 4.70. The van der Waals surface area contributed by atoms with E-state index in [-0.39, 0.29) is 16.6 Å². The number of nitrogens with one attached hydrogen (secondary N) is 1. The zero-order valence-corrected chi connectivity index (χ0v) is 10.8. The molecule has 0 saturated carbocycles. The summed E-state index contributed by atoms with van der Waals surface area (Å²) in [6, 6.07) is 8.03. The fraction of sp³-hybridized carbons (Fsp3) is 0.250. The van der Waals surface area contributed by atoms with E-state index in [1.54, 1.807) is 18.2 Å². The average Bonchev–Trinajstić information content (AvgIpc) is 2.71. The van der Waals surface area contributed by atoms with E-state index >= 15 is 0 Å². The van der Waals surface area contributed by atoms with Gasteiger partial charge in [0.15, 0.2) is 5.75 Å². The van der Waals surface area contributed by atoms with Crippen LogP contribution in [0.1, 0.15) is 11.6 Å². The van der Waals surface area contributed by atoms with Crippen LogP contribution in [0.2, 0.25) is 0 Å². The highest BCUT2D eigenvalue weighted by atomic mass is 32.2. The van der Waals surface area contributed by atoms with E-state index in [2.05, 4.69) is 10.4 Å². The van der Waals surface area contributed by atoms with Gasteiger partial charge in [-0.3, -0.25) is 0 Å². The van der Waals surface area contributed by atoms with Crippen LogP contribution in [0.15, 0.2) is 41.4 Å². The van der Waals surface area contributed by atoms with E-state index in [1.165, 1.54) is 12.1 Å². The zero-order valence-electron chi connectivity index (χ0n) is 10.0. The number of hydrogen-bond acceptors (Lipinski definition) is 5. The fourth-order valence-electron chi connectivity index (χ4n) is 1.95. The first-order chi connectivity index (χ1) is 9.09. The lowest BCUT2D eigenvalue weighted by Crippen LogP contribution is -2.40. The smallest absolute Gasteiger partial charge is 0.283 e. The van der Waals surface area contributed by atoms with Gasteiger partial charge in [0.1, 0.15) is 5.69 Å². The summed E-state index contributed by atoms with van der Waals surface area (Å²) in [5.41, 5.74) is 0.429. The van der Waals surface area contributed by atoms with Gasteiger partial charge >= 0.3 is 0 Å². The van der Waals surface area contributed by atoms with E-state index in [9.17, 15) is 13.5 Å². The van der Waals surface area contributed by atoms with E-state index in [1.807, 2.05) is 0 Å². The van der Waals surface area contributed by atoms with E-state index in [0.717, 1.165) is 10.3 Å². The molecule has 2 aromatic rings. The predicted molar refractivity (Wildman–Crippen MR) is 68.5 cm³/mol. The molecule has 1 fully saturated rings. The number of benzene rings is 1. The summed E-state index contributed by atoms with van der Waals surface area (Å²) in [7, 11) is -3.73. The number of aromatic nitrogens is 2. The van der Waals surface area contributed by atoms with Crippen LogP contribution in [0, 0.1) is 0 Å². The van der Waals surface area contributed by atoms with Crippen LogP contribution in [0.3, 0.4) is 0 Å². The van der Waals surface area contributed by atoms with Crippen molar-refractivity contribution < 1.29 is 13.5 Å². The maximum absolute atomic E-state index is 12.3. The highest BCUT2D eigenvalue weighted by molar-refractivity contribution is 7.89. The van der Waals surface area contributed by atoms with Crippen molar-refractivity contribution in [3.05, 3.63) is 42.2 Å². The lowest BCUT2D eigenvalue weighted by Gasteiger charge is -2.25. The molecule has 1 aromatic heterocycles. The van der Waals surface area contributed by atoms with Crippen LogP contribution in [-0.4, -0.2) is 35.8 Å². The molecule has 1 aromatic carbocycles. The minimum Gasteiger partial charge on any atom is -0.504 e. The molecule has 19 heavy (non-hydrogen) atoms. The van der Waals surface area contributed by atoms with Gasteiger partial charge < -0.3 is 10.4 Å². The number of nitrogens with zero attached hydrogens (tertiary/aromatic N) is 2. The molecule has 1 saturated heterocycles. The monoisotopic (exact) mass is 279 g/mol. The van der Waals surface area contributed by atoms with E-state index in [0.29, 0.717) is 18.8 Å². The van der Waals surface area contributed by atoms with Gasteiger partial charge in [-0.25, -0.2) is 0 Å². The van der Waals surface area contributed by atoms with Crippen LogP contribution in [-0.2, 0) is 10.0 Å². The molecule has 100 valence electrons. The van der Waals surface area contributed by atoms with Crippen LogP contribution in [0.25, 0.3) is 0 Å². The molecular formula is C12H13N3O3S. The van der Waals surface area contributed by atoms with Gasteiger partial charge in [0.05, 0.1) is 11.1 Å². The standard InChI is InChI=1S/C12H13N3O3S/c16-11-8-15(14-12(11)9-6-13-7-9)19(17,18)10-4-2-1-3-5-10/h1-5,8-9,13,16H,6-7H2. The lowest BCUT2D eigenvalue weighted by molar-refractivity contribution is 0.408. The van der Waals surface area contributed by atoms with Gasteiger partial charge in [-0.2, -0.15) is 17.6 Å². The minimum atomic E-state index is -3.73. The third-order valence-electron chi connectivity index (χ3n) is 3.16. The molecule has 3 rings (SSSR count). The van der Waals surface area contributed by atoms with Gasteiger partial charge in [-0.1, -0.05) is 18.2 Å². The largest absolute Gasteiger partial charge is 0.504 e. The Labute approximate surface area is 110 Å². The first-order valence-electron chi connectivity index (χ1n) is 5.89. The number of hydrogen-bond donors (Lipinski definition) is 2. The normalized spacial score (nSPS) is 16.2. The molecule has 2 heterocycles. The molecule has 0 aliphatic carbocycles. The second-order valence-corrected chi connectivity index (χ2v) is 6.24. The van der Waals surface area contributed by atoms with Crippen molar-refractivity contribution in [3.8, 4) is 5.75 Å². The molecule has 6 nitrogen and oxygen atoms in total. The molecule has 2 N–H and O–H groups in total. The summed E-state index contributed by atoms with van der Waals surface area (Å²) < 4.78 is 25.4. The topological polar surface area (TPSA) is 84.2 Å². The summed E-state index contributed by atoms with van der Waals surface area (Å²) in [5.74, 6) is -0.00164. The Morgan fingerprint density at radius 3 is 2.53 bits per heavy atom. The number of aromatic hydroxyl groups is 1. The Morgan fingerprint density at radius 1 is 1.26 bits per heavy atom. The highest BCUT2D eigenvalue weighted by Gasteiger charge is 2.28. The average molecular weight is 279 g/mol. The van der Waals surface area contributed by atoms with Crippen molar-refractivity contribution in [1.82, 2.24) is 14.5 Å². The van der Waals surface area contributed by atoms with Gasteiger partial charge in [0, 0.05) is 19.0 Å². The van der Waals surface area contributed by atoms with Crippen molar-refractivity contribution in [1.29, 1.82) is 0 Å². The molecule has 0 spiro atoms. The first kappa shape index (κ1) is 12.2. The van der Waals surface area contributed by atoms with Crippen LogP contribution in [0.5, 0.6) is 5.75 Å². The van der Waals surface area contributed by atoms with Gasteiger partial charge in [-0.15, -0.1) is 0 Å². The molecule has 0 radical (unpaired) electrons. The Balaban J connectivity index is 2.02. The van der Waals surface area contributed by atoms with Crippen molar-refractivity contribution in [2.24, 2.45) is 0 Å². The number of rotatable bonds is 3. The van der Waals surface area contributed by atoms with Crippen LogP contribution >= 0.6 is 0 Å². The van der Waals surface area contributed by atoms with Gasteiger partial charge in [0.2, 0.25) is 0 Å². The molecule has 0 unspecified atom stereocenters. The summed E-state index contributed by atoms with van der Waals surface area (Å²) in [4.78, 5) is 0.149. The Hall–Kier alpha value is -1.86. The highest BCUT2D eigenvalue weighted by Crippen LogP contribution is 2.28. The predicted octanol–water partition coefficient (Wildman–Crippen LogP) is 0.512. The maximum atomic E-state index is 12.3. The molecule has 0 atom stereocenters. The second-order valence-electron chi connectivity index (χ2n) is 4.45. The molecule has 0 amide bonds. The minimum absolute atomic E-state index is 0.0761. The summed E-state index contributed by atoms with van der Waals surface area (Å²) in [5, 5.41) is 16.9. The van der Waals surface area contributed by atoms with E-state index < -0.39 is 10.0 Å². The molecule has 0 bridgehead atoms. The Morgan fingerprint density at radius 2 is 1.95 bits per heavy atom. The molecule has 1 aliphatic rings. The summed E-state index contributed by atoms with van der Waals surface area (Å²) >= 11 is 0. The van der Waals surface area contributed by atoms with Crippen molar-refractivity contribution in [2.75, 3.05) is 13.1 Å². The first-order valence-corrected chi connectivity index (χ1v) is 7.33. The lowest BCUT2D eigenvalue weighted by atomic mass is 9.99. The Kier molecular flexibility index (Phi) is 2.79. The second kappa shape index (κ2) is 4.36. The summed E-state index contributed by atoms with van der Waals surface area (Å²) in [6.45, 7) is 1.41. The fourth-order valence-corrected chi connectivity index (χ4v) is 3.10. The van der Waals surface area contributed by atoms with Crippen LogP contribution < -0.4 is 5.32 Å². The third kappa shape index (κ3) is 2.00. The molecule has 1 aliphatic heterocycles. The zero-order chi connectivity index (χ0) is 13.5. The van der Waals surface area contributed by atoms with E-state index in [4.69, 9.17) is 0 Å². The van der Waals surface area contributed by atoms with Gasteiger partial charge in [-0.05, 0) is 12.1 Å².